The fourth-order valence-corrected chi connectivity index (χ4v) is 4.11. The quantitative estimate of drug-likeness (QED) is 0.427. The van der Waals surface area contributed by atoms with Crippen molar-refractivity contribution >= 4 is 16.7 Å². The number of carbonyl (C=O) groups is 1. The van der Waals surface area contributed by atoms with Gasteiger partial charge in [0.25, 0.3) is 0 Å². The minimum Gasteiger partial charge on any atom is -0.508 e. The van der Waals surface area contributed by atoms with Crippen LogP contribution in [0.15, 0.2) is 72.8 Å². The van der Waals surface area contributed by atoms with E-state index in [0.717, 1.165) is 10.8 Å². The summed E-state index contributed by atoms with van der Waals surface area (Å²) < 4.78 is 12.4. The van der Waals surface area contributed by atoms with E-state index in [1.54, 1.807) is 18.2 Å². The van der Waals surface area contributed by atoms with E-state index in [1.807, 2.05) is 54.6 Å². The predicted molar refractivity (Wildman–Crippen MR) is 120 cm³/mol. The molecule has 32 heavy (non-hydrogen) atoms. The number of aliphatic carboxylic acids is 1. The number of carboxylic acid groups (broad SMARTS) is 1. The Kier molecular flexibility index (Phi) is 6.73. The number of allylic oxidation sites excluding steroid dienone is 2. The first-order chi connectivity index (χ1) is 15.5. The van der Waals surface area contributed by atoms with Gasteiger partial charge in [0, 0.05) is 17.9 Å². The van der Waals surface area contributed by atoms with Crippen molar-refractivity contribution in [3.8, 4) is 11.5 Å². The van der Waals surface area contributed by atoms with Gasteiger partial charge in [-0.2, -0.15) is 0 Å². The molecule has 3 aromatic carbocycles. The Balaban J connectivity index is 1.62. The van der Waals surface area contributed by atoms with Gasteiger partial charge in [0.2, 0.25) is 0 Å². The summed E-state index contributed by atoms with van der Waals surface area (Å²) in [6.07, 6.45) is 3.67. The molecule has 6 nitrogen and oxygen atoms in total. The fraction of sp³-hybridized carbons (Fsp3) is 0.269. The average Bonchev–Trinajstić information content (AvgIpc) is 2.79. The molecule has 0 amide bonds. The van der Waals surface area contributed by atoms with Gasteiger partial charge >= 0.3 is 5.97 Å². The van der Waals surface area contributed by atoms with Gasteiger partial charge in [-0.15, -0.1) is 0 Å². The Morgan fingerprint density at radius 1 is 0.969 bits per heavy atom. The van der Waals surface area contributed by atoms with Crippen molar-refractivity contribution in [3.05, 3.63) is 83.9 Å². The summed E-state index contributed by atoms with van der Waals surface area (Å²) in [6.45, 7) is 0.357. The number of para-hydroxylation sites is 1. The summed E-state index contributed by atoms with van der Waals surface area (Å²) in [4.78, 5) is 10.7. The summed E-state index contributed by atoms with van der Waals surface area (Å²) >= 11 is 0. The molecule has 1 aliphatic heterocycles. The molecule has 4 rings (SSSR count). The summed E-state index contributed by atoms with van der Waals surface area (Å²) in [5.41, 5.74) is 1.23. The molecule has 0 bridgehead atoms. The Labute approximate surface area is 186 Å². The van der Waals surface area contributed by atoms with Crippen molar-refractivity contribution < 1.29 is 29.6 Å². The standard InChI is InChI=1S/C26H26O6/c27-21-12-7-6-11-20(21)25-18(9-2-1-3-13-23(29)30)16-31-26(32-25)24-19-10-5-4-8-17(19)14-15-22(24)28/h1-2,4-8,10-12,14-15,18,25-28H,3,9,13,16H2,(H,29,30)/b2-1-/t18-,25+,26+/m1/s1. The second-order valence-electron chi connectivity index (χ2n) is 7.90. The van der Waals surface area contributed by atoms with Crippen molar-refractivity contribution in [1.29, 1.82) is 0 Å². The number of phenols is 2. The van der Waals surface area contributed by atoms with Crippen molar-refractivity contribution in [3.63, 3.8) is 0 Å². The van der Waals surface area contributed by atoms with Gasteiger partial charge in [0.1, 0.15) is 11.5 Å². The number of phenolic OH excluding ortho intramolecular Hbond substituents is 2. The van der Waals surface area contributed by atoms with Gasteiger partial charge in [-0.1, -0.05) is 60.7 Å². The van der Waals surface area contributed by atoms with Crippen molar-refractivity contribution in [1.82, 2.24) is 0 Å². The van der Waals surface area contributed by atoms with Crippen molar-refractivity contribution in [2.24, 2.45) is 5.92 Å². The zero-order valence-corrected chi connectivity index (χ0v) is 17.6. The molecule has 3 atom stereocenters. The normalized spacial score (nSPS) is 21.2. The average molecular weight is 434 g/mol. The number of benzene rings is 3. The number of ether oxygens (including phenoxy) is 2. The molecule has 0 saturated carbocycles. The largest absolute Gasteiger partial charge is 0.508 e. The highest BCUT2D eigenvalue weighted by molar-refractivity contribution is 5.87. The van der Waals surface area contributed by atoms with E-state index in [2.05, 4.69) is 0 Å². The summed E-state index contributed by atoms with van der Waals surface area (Å²) in [5.74, 6) is -0.682. The van der Waals surface area contributed by atoms with E-state index >= 15 is 0 Å². The van der Waals surface area contributed by atoms with Crippen LogP contribution in [0.1, 0.15) is 42.8 Å². The number of carboxylic acids is 1. The van der Waals surface area contributed by atoms with Crippen molar-refractivity contribution in [2.45, 2.75) is 31.7 Å². The van der Waals surface area contributed by atoms with E-state index in [9.17, 15) is 15.0 Å². The first-order valence-electron chi connectivity index (χ1n) is 10.7. The Morgan fingerprint density at radius 3 is 2.56 bits per heavy atom. The first kappa shape index (κ1) is 21.9. The van der Waals surface area contributed by atoms with Crippen LogP contribution in [0.2, 0.25) is 0 Å². The zero-order chi connectivity index (χ0) is 22.5. The smallest absolute Gasteiger partial charge is 0.303 e. The van der Waals surface area contributed by atoms with Gasteiger partial charge in [-0.05, 0) is 35.7 Å². The summed E-state index contributed by atoms with van der Waals surface area (Å²) in [6, 6.07) is 18.3. The summed E-state index contributed by atoms with van der Waals surface area (Å²) in [5, 5.41) is 31.7. The third-order valence-corrected chi connectivity index (χ3v) is 5.72. The number of aromatic hydroxyl groups is 2. The van der Waals surface area contributed by atoms with Crippen LogP contribution in [-0.2, 0) is 14.3 Å². The van der Waals surface area contributed by atoms with Crippen LogP contribution >= 0.6 is 0 Å². The van der Waals surface area contributed by atoms with Gasteiger partial charge in [-0.25, -0.2) is 0 Å². The third-order valence-electron chi connectivity index (χ3n) is 5.72. The maximum Gasteiger partial charge on any atom is 0.303 e. The molecular weight excluding hydrogens is 408 g/mol. The third kappa shape index (κ3) is 4.77. The number of fused-ring (bicyclic) bond motifs is 1. The van der Waals surface area contributed by atoms with Crippen LogP contribution in [0.25, 0.3) is 10.8 Å². The second kappa shape index (κ2) is 9.85. The Bertz CT molecular complexity index is 1120. The number of hydrogen-bond donors (Lipinski definition) is 3. The lowest BCUT2D eigenvalue weighted by molar-refractivity contribution is -0.244. The molecule has 1 aliphatic rings. The van der Waals surface area contributed by atoms with E-state index in [1.165, 1.54) is 0 Å². The lowest BCUT2D eigenvalue weighted by Gasteiger charge is -2.37. The molecule has 0 aliphatic carbocycles. The highest BCUT2D eigenvalue weighted by Gasteiger charge is 2.36. The van der Waals surface area contributed by atoms with E-state index in [-0.39, 0.29) is 23.8 Å². The summed E-state index contributed by atoms with van der Waals surface area (Å²) in [7, 11) is 0. The molecule has 6 heteroatoms. The monoisotopic (exact) mass is 434 g/mol. The van der Waals surface area contributed by atoms with Crippen molar-refractivity contribution in [2.75, 3.05) is 6.61 Å². The SMILES string of the molecule is O=C(O)CC/C=C\C[C@@H]1CO[C@H](c2c(O)ccc3ccccc23)O[C@@H]1c1ccccc1O. The topological polar surface area (TPSA) is 96.2 Å². The van der Waals surface area contributed by atoms with Crippen LogP contribution in [0.5, 0.6) is 11.5 Å². The molecule has 1 fully saturated rings. The minimum atomic E-state index is -0.830. The second-order valence-corrected chi connectivity index (χ2v) is 7.90. The highest BCUT2D eigenvalue weighted by atomic mass is 16.7. The molecule has 0 unspecified atom stereocenters. The lowest BCUT2D eigenvalue weighted by Crippen LogP contribution is -2.30. The lowest BCUT2D eigenvalue weighted by atomic mass is 9.91. The van der Waals surface area contributed by atoms with Gasteiger partial charge < -0.3 is 24.8 Å². The van der Waals surface area contributed by atoms with Gasteiger partial charge in [0.15, 0.2) is 6.29 Å². The Morgan fingerprint density at radius 2 is 1.75 bits per heavy atom. The number of hydrogen-bond acceptors (Lipinski definition) is 5. The fourth-order valence-electron chi connectivity index (χ4n) is 4.11. The maximum absolute atomic E-state index is 10.7. The Hall–Kier alpha value is -3.35. The van der Waals surface area contributed by atoms with Crippen LogP contribution in [0, 0.1) is 5.92 Å². The molecule has 3 N–H and O–H groups in total. The van der Waals surface area contributed by atoms with Gasteiger partial charge in [-0.3, -0.25) is 4.79 Å². The minimum absolute atomic E-state index is 0.0828. The first-order valence-corrected chi connectivity index (χ1v) is 10.7. The van der Waals surface area contributed by atoms with Crippen LogP contribution < -0.4 is 0 Å². The van der Waals surface area contributed by atoms with E-state index < -0.39 is 18.4 Å². The maximum atomic E-state index is 10.7. The molecule has 1 heterocycles. The van der Waals surface area contributed by atoms with E-state index in [0.29, 0.717) is 30.6 Å². The van der Waals surface area contributed by atoms with E-state index in [4.69, 9.17) is 14.6 Å². The molecular formula is C26H26O6. The molecule has 166 valence electrons. The highest BCUT2D eigenvalue weighted by Crippen LogP contribution is 2.45. The molecule has 0 radical (unpaired) electrons. The predicted octanol–water partition coefficient (Wildman–Crippen LogP) is 5.47. The van der Waals surface area contributed by atoms with Crippen LogP contribution in [-0.4, -0.2) is 27.9 Å². The molecule has 1 saturated heterocycles. The van der Waals surface area contributed by atoms with Gasteiger partial charge in [0.05, 0.1) is 18.3 Å². The number of rotatable bonds is 7. The van der Waals surface area contributed by atoms with Crippen LogP contribution in [0.3, 0.4) is 0 Å². The molecule has 3 aromatic rings. The molecule has 0 aromatic heterocycles. The molecule has 0 spiro atoms. The zero-order valence-electron chi connectivity index (χ0n) is 17.6. The van der Waals surface area contributed by atoms with Crippen LogP contribution in [0.4, 0.5) is 0 Å².